The molecule has 0 radical (unpaired) electrons. The lowest BCUT2D eigenvalue weighted by Crippen LogP contribution is -2.23. The highest BCUT2D eigenvalue weighted by Gasteiger charge is 2.27. The number of fused-ring (bicyclic) bond motifs is 1. The van der Waals surface area contributed by atoms with E-state index >= 15 is 0 Å². The van der Waals surface area contributed by atoms with Crippen LogP contribution in [0.1, 0.15) is 30.0 Å². The van der Waals surface area contributed by atoms with Crippen molar-refractivity contribution in [3.05, 3.63) is 66.0 Å². The fourth-order valence-corrected chi connectivity index (χ4v) is 4.11. The molecule has 5 heteroatoms. The number of hydrogen-bond donors (Lipinski definition) is 1. The number of H-pyrrole nitrogens is 1. The first kappa shape index (κ1) is 16.4. The maximum Gasteiger partial charge on any atom is 0.161 e. The van der Waals surface area contributed by atoms with Crippen molar-refractivity contribution in [2.45, 2.75) is 25.4 Å². The lowest BCUT2D eigenvalue weighted by Gasteiger charge is -2.26. The average Bonchev–Trinajstić information content (AvgIpc) is 3.40. The maximum absolute atomic E-state index is 5.77. The van der Waals surface area contributed by atoms with E-state index in [9.17, 15) is 0 Å². The molecule has 5 rings (SSSR count). The van der Waals surface area contributed by atoms with Crippen molar-refractivity contribution < 1.29 is 9.47 Å². The van der Waals surface area contributed by atoms with E-state index in [0.29, 0.717) is 19.3 Å². The fourth-order valence-electron chi connectivity index (χ4n) is 4.11. The van der Waals surface area contributed by atoms with Gasteiger partial charge in [0.15, 0.2) is 11.5 Å². The summed E-state index contributed by atoms with van der Waals surface area (Å²) in [5.74, 6) is 1.75. The van der Waals surface area contributed by atoms with Crippen molar-refractivity contribution >= 4 is 0 Å². The van der Waals surface area contributed by atoms with Gasteiger partial charge in [-0.1, -0.05) is 30.3 Å². The third kappa shape index (κ3) is 3.30. The minimum Gasteiger partial charge on any atom is -0.486 e. The molecule has 0 amide bonds. The quantitative estimate of drug-likeness (QED) is 0.757. The van der Waals surface area contributed by atoms with E-state index in [1.807, 2.05) is 12.4 Å². The second-order valence-electron chi connectivity index (χ2n) is 7.22. The van der Waals surface area contributed by atoms with Gasteiger partial charge in [-0.05, 0) is 48.2 Å². The van der Waals surface area contributed by atoms with Gasteiger partial charge in [0.25, 0.3) is 0 Å². The van der Waals surface area contributed by atoms with Gasteiger partial charge in [0.1, 0.15) is 13.2 Å². The van der Waals surface area contributed by atoms with Gasteiger partial charge in [0, 0.05) is 24.3 Å². The van der Waals surface area contributed by atoms with E-state index in [1.54, 1.807) is 0 Å². The zero-order chi connectivity index (χ0) is 18.1. The van der Waals surface area contributed by atoms with Crippen LogP contribution in [0, 0.1) is 0 Å². The highest BCUT2D eigenvalue weighted by molar-refractivity contribution is 5.61. The van der Waals surface area contributed by atoms with Crippen molar-refractivity contribution in [3.63, 3.8) is 0 Å². The molecule has 0 spiro atoms. The lowest BCUT2D eigenvalue weighted by atomic mass is 10.0. The van der Waals surface area contributed by atoms with Crippen LogP contribution >= 0.6 is 0 Å². The van der Waals surface area contributed by atoms with Crippen LogP contribution in [0.25, 0.3) is 11.1 Å². The maximum atomic E-state index is 5.77. The number of nitrogens with zero attached hydrogens (tertiary/aromatic N) is 2. The molecule has 0 aliphatic carbocycles. The standard InChI is InChI=1S/C22H23N3O2/c1-2-20(18-7-8-21-22(12-18)27-11-10-26-21)25(9-1)15-16-3-5-17(6-4-16)19-13-23-24-14-19/h3-8,12-14,20H,1-2,9-11,15H2,(H,23,24). The Morgan fingerprint density at radius 3 is 2.67 bits per heavy atom. The summed E-state index contributed by atoms with van der Waals surface area (Å²) in [7, 11) is 0. The van der Waals surface area contributed by atoms with Crippen LogP contribution in [0.3, 0.4) is 0 Å². The number of nitrogens with one attached hydrogen (secondary N) is 1. The first-order valence-corrected chi connectivity index (χ1v) is 9.58. The molecule has 1 atom stereocenters. The van der Waals surface area contributed by atoms with E-state index in [4.69, 9.17) is 9.47 Å². The van der Waals surface area contributed by atoms with Crippen molar-refractivity contribution in [2.75, 3.05) is 19.8 Å². The normalized spacial score (nSPS) is 19.3. The van der Waals surface area contributed by atoms with E-state index < -0.39 is 0 Å². The summed E-state index contributed by atoms with van der Waals surface area (Å²) in [6.45, 7) is 3.36. The van der Waals surface area contributed by atoms with Gasteiger partial charge in [0.05, 0.1) is 6.20 Å². The predicted octanol–water partition coefficient (Wildman–Crippen LogP) is 4.19. The number of aromatic amines is 1. The summed E-state index contributed by atoms with van der Waals surface area (Å²) in [5, 5.41) is 6.90. The molecule has 1 aromatic heterocycles. The third-order valence-electron chi connectivity index (χ3n) is 5.49. The van der Waals surface area contributed by atoms with Gasteiger partial charge in [-0.3, -0.25) is 10.00 Å². The molecule has 2 aromatic carbocycles. The summed E-state index contributed by atoms with van der Waals surface area (Å²) in [6.07, 6.45) is 6.19. The number of benzene rings is 2. The molecule has 0 saturated carbocycles. The van der Waals surface area contributed by atoms with Crippen LogP contribution in [-0.4, -0.2) is 34.9 Å². The van der Waals surface area contributed by atoms with Crippen LogP contribution in [0.2, 0.25) is 0 Å². The van der Waals surface area contributed by atoms with E-state index in [2.05, 4.69) is 57.6 Å². The van der Waals surface area contributed by atoms with Crippen LogP contribution in [0.5, 0.6) is 11.5 Å². The highest BCUT2D eigenvalue weighted by Crippen LogP contribution is 2.38. The Bertz CT molecular complexity index is 906. The molecule has 1 N–H and O–H groups in total. The summed E-state index contributed by atoms with van der Waals surface area (Å²) >= 11 is 0. The first-order chi connectivity index (χ1) is 13.4. The largest absolute Gasteiger partial charge is 0.486 e. The van der Waals surface area contributed by atoms with Gasteiger partial charge >= 0.3 is 0 Å². The van der Waals surface area contributed by atoms with E-state index in [-0.39, 0.29) is 0 Å². The highest BCUT2D eigenvalue weighted by atomic mass is 16.6. The third-order valence-corrected chi connectivity index (χ3v) is 5.49. The molecular weight excluding hydrogens is 338 g/mol. The fraction of sp³-hybridized carbons (Fsp3) is 0.318. The van der Waals surface area contributed by atoms with Crippen LogP contribution in [-0.2, 0) is 6.54 Å². The van der Waals surface area contributed by atoms with Crippen molar-refractivity contribution in [3.8, 4) is 22.6 Å². The number of aromatic nitrogens is 2. The SMILES string of the molecule is c1cc(-c2cn[nH]c2)ccc1CN1CCCC1c1ccc2c(c1)OCCO2. The molecule has 1 unspecified atom stereocenters. The molecule has 5 nitrogen and oxygen atoms in total. The van der Waals surface area contributed by atoms with Crippen LogP contribution in [0.4, 0.5) is 0 Å². The molecule has 1 fully saturated rings. The van der Waals surface area contributed by atoms with Gasteiger partial charge in [-0.25, -0.2) is 0 Å². The minimum absolute atomic E-state index is 0.439. The van der Waals surface area contributed by atoms with Gasteiger partial charge in [-0.2, -0.15) is 5.10 Å². The topological polar surface area (TPSA) is 50.4 Å². The second kappa shape index (κ2) is 7.08. The van der Waals surface area contributed by atoms with Gasteiger partial charge in [-0.15, -0.1) is 0 Å². The van der Waals surface area contributed by atoms with Crippen molar-refractivity contribution in [1.82, 2.24) is 15.1 Å². The Balaban J connectivity index is 1.33. The molecule has 3 heterocycles. The Morgan fingerprint density at radius 1 is 1.00 bits per heavy atom. The number of ether oxygens (including phenoxy) is 2. The first-order valence-electron chi connectivity index (χ1n) is 9.58. The van der Waals surface area contributed by atoms with E-state index in [0.717, 1.165) is 30.2 Å². The Hall–Kier alpha value is -2.79. The summed E-state index contributed by atoms with van der Waals surface area (Å²) in [6, 6.07) is 15.7. The zero-order valence-electron chi connectivity index (χ0n) is 15.2. The summed E-state index contributed by atoms with van der Waals surface area (Å²) < 4.78 is 11.4. The molecule has 27 heavy (non-hydrogen) atoms. The van der Waals surface area contributed by atoms with Crippen molar-refractivity contribution in [1.29, 1.82) is 0 Å². The van der Waals surface area contributed by atoms with E-state index in [1.165, 1.54) is 29.5 Å². The summed E-state index contributed by atoms with van der Waals surface area (Å²) in [5.41, 5.74) is 4.98. The molecule has 2 aliphatic rings. The molecule has 0 bridgehead atoms. The Kier molecular flexibility index (Phi) is 4.30. The molecule has 3 aromatic rings. The predicted molar refractivity (Wildman–Crippen MR) is 104 cm³/mol. The molecular formula is C22H23N3O2. The number of likely N-dealkylation sites (tertiary alicyclic amines) is 1. The Morgan fingerprint density at radius 2 is 1.85 bits per heavy atom. The molecule has 1 saturated heterocycles. The van der Waals surface area contributed by atoms with Gasteiger partial charge < -0.3 is 9.47 Å². The lowest BCUT2D eigenvalue weighted by molar-refractivity contribution is 0.170. The van der Waals surface area contributed by atoms with Crippen LogP contribution < -0.4 is 9.47 Å². The second-order valence-corrected chi connectivity index (χ2v) is 7.22. The smallest absolute Gasteiger partial charge is 0.161 e. The zero-order valence-corrected chi connectivity index (χ0v) is 15.2. The average molecular weight is 361 g/mol. The minimum atomic E-state index is 0.439. The monoisotopic (exact) mass is 361 g/mol. The number of rotatable bonds is 4. The van der Waals surface area contributed by atoms with Gasteiger partial charge in [0.2, 0.25) is 0 Å². The number of hydrogen-bond acceptors (Lipinski definition) is 4. The molecule has 138 valence electrons. The summed E-state index contributed by atoms with van der Waals surface area (Å²) in [4.78, 5) is 2.57. The van der Waals surface area contributed by atoms with Crippen LogP contribution in [0.15, 0.2) is 54.9 Å². The van der Waals surface area contributed by atoms with Crippen molar-refractivity contribution in [2.24, 2.45) is 0 Å². The molecule has 2 aliphatic heterocycles. The Labute approximate surface area is 158 Å².